The molecule has 0 heterocycles. The van der Waals surface area contributed by atoms with Gasteiger partial charge in [0, 0.05) is 6.54 Å². The molecule has 1 atom stereocenters. The van der Waals surface area contributed by atoms with E-state index in [0.29, 0.717) is 13.2 Å². The average molecular weight is 253 g/mol. The Morgan fingerprint density at radius 2 is 1.89 bits per heavy atom. The highest BCUT2D eigenvalue weighted by molar-refractivity contribution is 5.31. The molecule has 0 aliphatic rings. The van der Waals surface area contributed by atoms with Gasteiger partial charge < -0.3 is 19.9 Å². The van der Waals surface area contributed by atoms with Gasteiger partial charge in [-0.05, 0) is 37.2 Å². The topological polar surface area (TPSA) is 50.7 Å². The van der Waals surface area contributed by atoms with Crippen LogP contribution in [0.25, 0.3) is 0 Å². The maximum absolute atomic E-state index is 9.70. The number of rotatable bonds is 9. The maximum Gasteiger partial charge on any atom is 0.119 e. The van der Waals surface area contributed by atoms with Crippen LogP contribution in [0.4, 0.5) is 0 Å². The van der Waals surface area contributed by atoms with Crippen LogP contribution in [0.5, 0.6) is 11.5 Å². The third kappa shape index (κ3) is 5.89. The van der Waals surface area contributed by atoms with Crippen molar-refractivity contribution in [2.75, 3.05) is 26.8 Å². The van der Waals surface area contributed by atoms with Gasteiger partial charge in [-0.3, -0.25) is 0 Å². The molecule has 1 unspecified atom stereocenters. The Morgan fingerprint density at radius 1 is 1.22 bits per heavy atom. The first-order valence-electron chi connectivity index (χ1n) is 6.42. The van der Waals surface area contributed by atoms with Crippen molar-refractivity contribution in [3.63, 3.8) is 0 Å². The van der Waals surface area contributed by atoms with Crippen molar-refractivity contribution >= 4 is 0 Å². The molecule has 0 spiro atoms. The first kappa shape index (κ1) is 14.8. The monoisotopic (exact) mass is 253 g/mol. The second kappa shape index (κ2) is 8.78. The highest BCUT2D eigenvalue weighted by atomic mass is 16.5. The summed E-state index contributed by atoms with van der Waals surface area (Å²) in [6.45, 7) is 3.95. The number of aliphatic hydroxyl groups is 1. The Morgan fingerprint density at radius 3 is 2.50 bits per heavy atom. The number of methoxy groups -OCH3 is 1. The smallest absolute Gasteiger partial charge is 0.119 e. The highest BCUT2D eigenvalue weighted by Gasteiger charge is 2.04. The standard InChI is InChI=1S/C14H23NO3/c1-3-4-9-15-10-12(16)11-18-14-7-5-13(17-2)6-8-14/h5-8,12,15-16H,3-4,9-11H2,1-2H3. The van der Waals surface area contributed by atoms with Crippen molar-refractivity contribution in [3.8, 4) is 11.5 Å². The van der Waals surface area contributed by atoms with Crippen LogP contribution in [0.1, 0.15) is 19.8 Å². The van der Waals surface area contributed by atoms with Crippen LogP contribution in [0.3, 0.4) is 0 Å². The van der Waals surface area contributed by atoms with Crippen molar-refractivity contribution in [1.82, 2.24) is 5.32 Å². The number of nitrogens with one attached hydrogen (secondary N) is 1. The summed E-state index contributed by atoms with van der Waals surface area (Å²) >= 11 is 0. The molecular formula is C14H23NO3. The van der Waals surface area contributed by atoms with E-state index in [-0.39, 0.29) is 0 Å². The molecule has 0 saturated carbocycles. The van der Waals surface area contributed by atoms with Gasteiger partial charge >= 0.3 is 0 Å². The fourth-order valence-corrected chi connectivity index (χ4v) is 1.49. The van der Waals surface area contributed by atoms with Crippen molar-refractivity contribution in [3.05, 3.63) is 24.3 Å². The van der Waals surface area contributed by atoms with Crippen LogP contribution in [0, 0.1) is 0 Å². The van der Waals surface area contributed by atoms with Gasteiger partial charge in [0.05, 0.1) is 7.11 Å². The number of aliphatic hydroxyl groups excluding tert-OH is 1. The molecule has 102 valence electrons. The van der Waals surface area contributed by atoms with E-state index in [0.717, 1.165) is 30.9 Å². The molecule has 18 heavy (non-hydrogen) atoms. The summed E-state index contributed by atoms with van der Waals surface area (Å²) in [5, 5.41) is 12.9. The van der Waals surface area contributed by atoms with E-state index in [9.17, 15) is 5.11 Å². The van der Waals surface area contributed by atoms with Gasteiger partial charge in [-0.2, -0.15) is 0 Å². The van der Waals surface area contributed by atoms with Gasteiger partial charge in [-0.15, -0.1) is 0 Å². The maximum atomic E-state index is 9.70. The molecule has 0 bridgehead atoms. The third-order valence-corrected chi connectivity index (χ3v) is 2.59. The van der Waals surface area contributed by atoms with E-state index in [2.05, 4.69) is 12.2 Å². The van der Waals surface area contributed by atoms with Gasteiger partial charge in [0.2, 0.25) is 0 Å². The summed E-state index contributed by atoms with van der Waals surface area (Å²) in [6, 6.07) is 7.33. The average Bonchev–Trinajstić information content (AvgIpc) is 2.42. The fourth-order valence-electron chi connectivity index (χ4n) is 1.49. The summed E-state index contributed by atoms with van der Waals surface area (Å²) in [7, 11) is 1.63. The Balaban J connectivity index is 2.18. The molecule has 0 fully saturated rings. The zero-order valence-corrected chi connectivity index (χ0v) is 11.2. The van der Waals surface area contributed by atoms with Gasteiger partial charge in [-0.1, -0.05) is 13.3 Å². The Kier molecular flexibility index (Phi) is 7.22. The molecule has 0 radical (unpaired) electrons. The summed E-state index contributed by atoms with van der Waals surface area (Å²) in [4.78, 5) is 0. The van der Waals surface area contributed by atoms with E-state index in [1.54, 1.807) is 7.11 Å². The second-order valence-electron chi connectivity index (χ2n) is 4.20. The lowest BCUT2D eigenvalue weighted by atomic mass is 10.3. The van der Waals surface area contributed by atoms with Gasteiger partial charge in [0.15, 0.2) is 0 Å². The molecule has 0 amide bonds. The minimum atomic E-state index is -0.482. The minimum absolute atomic E-state index is 0.297. The number of ether oxygens (including phenoxy) is 2. The Labute approximate surface area is 109 Å². The first-order chi connectivity index (χ1) is 8.76. The molecule has 4 nitrogen and oxygen atoms in total. The van der Waals surface area contributed by atoms with Gasteiger partial charge in [-0.25, -0.2) is 0 Å². The SMILES string of the molecule is CCCCNCC(O)COc1ccc(OC)cc1. The fraction of sp³-hybridized carbons (Fsp3) is 0.571. The third-order valence-electron chi connectivity index (χ3n) is 2.59. The normalized spacial score (nSPS) is 12.2. The molecule has 1 aromatic rings. The zero-order valence-electron chi connectivity index (χ0n) is 11.2. The molecular weight excluding hydrogens is 230 g/mol. The second-order valence-corrected chi connectivity index (χ2v) is 4.20. The molecule has 1 rings (SSSR count). The van der Waals surface area contributed by atoms with Crippen molar-refractivity contribution in [2.45, 2.75) is 25.9 Å². The van der Waals surface area contributed by atoms with E-state index >= 15 is 0 Å². The zero-order chi connectivity index (χ0) is 13.2. The van der Waals surface area contributed by atoms with Gasteiger partial charge in [0.25, 0.3) is 0 Å². The lowest BCUT2D eigenvalue weighted by Crippen LogP contribution is -2.31. The van der Waals surface area contributed by atoms with Crippen LogP contribution in [0.2, 0.25) is 0 Å². The lowest BCUT2D eigenvalue weighted by Gasteiger charge is -2.13. The summed E-state index contributed by atoms with van der Waals surface area (Å²) < 4.78 is 10.5. The summed E-state index contributed by atoms with van der Waals surface area (Å²) in [5.41, 5.74) is 0. The Bertz CT molecular complexity index is 313. The predicted molar refractivity (Wildman–Crippen MR) is 72.3 cm³/mol. The molecule has 4 heteroatoms. The summed E-state index contributed by atoms with van der Waals surface area (Å²) in [5.74, 6) is 1.53. The van der Waals surface area contributed by atoms with Crippen LogP contribution < -0.4 is 14.8 Å². The first-order valence-corrected chi connectivity index (χ1v) is 6.42. The quantitative estimate of drug-likeness (QED) is 0.659. The minimum Gasteiger partial charge on any atom is -0.497 e. The Hall–Kier alpha value is -1.26. The largest absolute Gasteiger partial charge is 0.497 e. The van der Waals surface area contributed by atoms with E-state index in [1.165, 1.54) is 0 Å². The number of unbranched alkanes of at least 4 members (excludes halogenated alkanes) is 1. The summed E-state index contributed by atoms with van der Waals surface area (Å²) in [6.07, 6.45) is 1.81. The molecule has 0 saturated heterocycles. The molecule has 0 aromatic heterocycles. The van der Waals surface area contributed by atoms with Crippen molar-refractivity contribution in [1.29, 1.82) is 0 Å². The van der Waals surface area contributed by atoms with Crippen molar-refractivity contribution in [2.24, 2.45) is 0 Å². The van der Waals surface area contributed by atoms with Crippen molar-refractivity contribution < 1.29 is 14.6 Å². The predicted octanol–water partition coefficient (Wildman–Crippen LogP) is 1.82. The molecule has 0 aliphatic carbocycles. The van der Waals surface area contributed by atoms with E-state index < -0.39 is 6.10 Å². The molecule has 0 aliphatic heterocycles. The highest BCUT2D eigenvalue weighted by Crippen LogP contribution is 2.16. The van der Waals surface area contributed by atoms with Gasteiger partial charge in [0.1, 0.15) is 24.2 Å². The van der Waals surface area contributed by atoms with E-state index in [4.69, 9.17) is 9.47 Å². The van der Waals surface area contributed by atoms with Crippen LogP contribution in [0.15, 0.2) is 24.3 Å². The van der Waals surface area contributed by atoms with E-state index in [1.807, 2.05) is 24.3 Å². The number of hydrogen-bond donors (Lipinski definition) is 2. The number of hydrogen-bond acceptors (Lipinski definition) is 4. The molecule has 2 N–H and O–H groups in total. The van der Waals surface area contributed by atoms with Crippen LogP contribution in [-0.4, -0.2) is 38.0 Å². The number of benzene rings is 1. The van der Waals surface area contributed by atoms with Crippen LogP contribution in [-0.2, 0) is 0 Å². The lowest BCUT2D eigenvalue weighted by molar-refractivity contribution is 0.106. The molecule has 1 aromatic carbocycles. The van der Waals surface area contributed by atoms with Crippen LogP contribution >= 0.6 is 0 Å².